The Bertz CT molecular complexity index is 553. The Morgan fingerprint density at radius 3 is 2.71 bits per heavy atom. The molecule has 2 rings (SSSR count). The van der Waals surface area contributed by atoms with Gasteiger partial charge in [-0.25, -0.2) is 12.7 Å². The highest BCUT2D eigenvalue weighted by Crippen LogP contribution is 2.28. The fourth-order valence-corrected chi connectivity index (χ4v) is 3.86. The van der Waals surface area contributed by atoms with Crippen LogP contribution in [0.2, 0.25) is 0 Å². The van der Waals surface area contributed by atoms with E-state index >= 15 is 0 Å². The van der Waals surface area contributed by atoms with Crippen LogP contribution in [0.1, 0.15) is 38.2 Å². The Labute approximate surface area is 128 Å². The minimum absolute atomic E-state index is 0.403. The summed E-state index contributed by atoms with van der Waals surface area (Å²) in [5, 5.41) is 3.30. The van der Waals surface area contributed by atoms with Crippen LogP contribution < -0.4 is 5.32 Å². The molecular formula is C16H26N2O2S. The van der Waals surface area contributed by atoms with Crippen molar-refractivity contribution in [1.82, 2.24) is 9.62 Å². The lowest BCUT2D eigenvalue weighted by Crippen LogP contribution is -2.34. The van der Waals surface area contributed by atoms with Crippen LogP contribution in [-0.4, -0.2) is 32.9 Å². The number of nitrogens with one attached hydrogen (secondary N) is 1. The van der Waals surface area contributed by atoms with E-state index < -0.39 is 10.0 Å². The molecule has 0 saturated heterocycles. The van der Waals surface area contributed by atoms with Crippen molar-refractivity contribution >= 4 is 10.0 Å². The van der Waals surface area contributed by atoms with Gasteiger partial charge in [-0.15, -0.1) is 0 Å². The lowest BCUT2D eigenvalue weighted by Gasteiger charge is -2.29. The third-order valence-corrected chi connectivity index (χ3v) is 5.92. The molecule has 0 unspecified atom stereocenters. The molecule has 5 heteroatoms. The number of rotatable bonds is 8. The zero-order valence-electron chi connectivity index (χ0n) is 13.0. The molecule has 1 aromatic rings. The molecule has 0 spiro atoms. The van der Waals surface area contributed by atoms with Gasteiger partial charge in [-0.1, -0.05) is 25.5 Å². The topological polar surface area (TPSA) is 49.4 Å². The molecule has 1 aromatic carbocycles. The van der Waals surface area contributed by atoms with E-state index in [4.69, 9.17) is 0 Å². The highest BCUT2D eigenvalue weighted by Gasteiger charge is 2.26. The van der Waals surface area contributed by atoms with E-state index in [0.29, 0.717) is 23.9 Å². The summed E-state index contributed by atoms with van der Waals surface area (Å²) < 4.78 is 26.7. The SMILES string of the molecule is CCCNCc1cccc(S(=O)(=O)N(C)CC2CCC2)c1. The van der Waals surface area contributed by atoms with Crippen molar-refractivity contribution < 1.29 is 8.42 Å². The first-order chi connectivity index (χ1) is 10.0. The minimum atomic E-state index is -3.36. The molecule has 0 heterocycles. The normalized spacial score (nSPS) is 16.1. The average molecular weight is 310 g/mol. The summed E-state index contributed by atoms with van der Waals surface area (Å²) in [6, 6.07) is 7.27. The molecule has 1 aliphatic rings. The molecule has 0 bridgehead atoms. The summed E-state index contributed by atoms with van der Waals surface area (Å²) in [5.41, 5.74) is 1.02. The van der Waals surface area contributed by atoms with Gasteiger partial charge in [-0.2, -0.15) is 0 Å². The van der Waals surface area contributed by atoms with Gasteiger partial charge in [0.1, 0.15) is 0 Å². The maximum atomic E-state index is 12.6. The van der Waals surface area contributed by atoms with Gasteiger partial charge in [0, 0.05) is 20.1 Å². The summed E-state index contributed by atoms with van der Waals surface area (Å²) in [5.74, 6) is 0.541. The largest absolute Gasteiger partial charge is 0.313 e. The van der Waals surface area contributed by atoms with Gasteiger partial charge in [0.25, 0.3) is 0 Å². The van der Waals surface area contributed by atoms with Gasteiger partial charge < -0.3 is 5.32 Å². The Morgan fingerprint density at radius 2 is 2.10 bits per heavy atom. The maximum absolute atomic E-state index is 12.6. The van der Waals surface area contributed by atoms with Gasteiger partial charge in [0.2, 0.25) is 10.0 Å². The highest BCUT2D eigenvalue weighted by atomic mass is 32.2. The third kappa shape index (κ3) is 4.28. The Hall–Kier alpha value is -0.910. The predicted octanol–water partition coefficient (Wildman–Crippen LogP) is 2.61. The number of benzene rings is 1. The van der Waals surface area contributed by atoms with E-state index in [1.54, 1.807) is 19.2 Å². The quantitative estimate of drug-likeness (QED) is 0.751. The first kappa shape index (κ1) is 16.5. The van der Waals surface area contributed by atoms with E-state index in [1.807, 2.05) is 12.1 Å². The monoisotopic (exact) mass is 310 g/mol. The van der Waals surface area contributed by atoms with Crippen LogP contribution in [0.5, 0.6) is 0 Å². The van der Waals surface area contributed by atoms with Crippen molar-refractivity contribution in [1.29, 1.82) is 0 Å². The molecule has 118 valence electrons. The second-order valence-electron chi connectivity index (χ2n) is 5.91. The second-order valence-corrected chi connectivity index (χ2v) is 7.95. The van der Waals surface area contributed by atoms with E-state index in [-0.39, 0.29) is 0 Å². The second kappa shape index (κ2) is 7.38. The summed E-state index contributed by atoms with van der Waals surface area (Å²) in [4.78, 5) is 0.403. The fraction of sp³-hybridized carbons (Fsp3) is 0.625. The van der Waals surface area contributed by atoms with E-state index in [2.05, 4.69) is 12.2 Å². The highest BCUT2D eigenvalue weighted by molar-refractivity contribution is 7.89. The lowest BCUT2D eigenvalue weighted by molar-refractivity contribution is 0.263. The average Bonchev–Trinajstić information content (AvgIpc) is 2.43. The van der Waals surface area contributed by atoms with Crippen LogP contribution in [0.25, 0.3) is 0 Å². The molecule has 1 aliphatic carbocycles. The fourth-order valence-electron chi connectivity index (χ4n) is 2.54. The van der Waals surface area contributed by atoms with Crippen molar-refractivity contribution in [3.05, 3.63) is 29.8 Å². The zero-order valence-corrected chi connectivity index (χ0v) is 13.8. The van der Waals surface area contributed by atoms with Crippen LogP contribution in [0, 0.1) is 5.92 Å². The number of hydrogen-bond acceptors (Lipinski definition) is 3. The third-order valence-electron chi connectivity index (χ3n) is 4.10. The van der Waals surface area contributed by atoms with Crippen molar-refractivity contribution in [2.75, 3.05) is 20.1 Å². The Kier molecular flexibility index (Phi) is 5.79. The summed E-state index contributed by atoms with van der Waals surface area (Å²) in [7, 11) is -1.67. The molecule has 0 aliphatic heterocycles. The Morgan fingerprint density at radius 1 is 1.33 bits per heavy atom. The van der Waals surface area contributed by atoms with Gasteiger partial charge in [0.15, 0.2) is 0 Å². The van der Waals surface area contributed by atoms with Crippen molar-refractivity contribution in [2.24, 2.45) is 5.92 Å². The predicted molar refractivity (Wildman–Crippen MR) is 85.6 cm³/mol. The van der Waals surface area contributed by atoms with Gasteiger partial charge in [-0.05, 0) is 49.4 Å². The van der Waals surface area contributed by atoms with Gasteiger partial charge in [-0.3, -0.25) is 0 Å². The maximum Gasteiger partial charge on any atom is 0.242 e. The van der Waals surface area contributed by atoms with Crippen LogP contribution in [0.15, 0.2) is 29.2 Å². The van der Waals surface area contributed by atoms with E-state index in [0.717, 1.165) is 31.4 Å². The number of hydrogen-bond donors (Lipinski definition) is 1. The van der Waals surface area contributed by atoms with Gasteiger partial charge in [0.05, 0.1) is 4.90 Å². The van der Waals surface area contributed by atoms with Crippen LogP contribution in [0.3, 0.4) is 0 Å². The van der Waals surface area contributed by atoms with E-state index in [9.17, 15) is 8.42 Å². The van der Waals surface area contributed by atoms with E-state index in [1.165, 1.54) is 10.7 Å². The molecule has 1 N–H and O–H groups in total. The molecule has 0 aromatic heterocycles. The minimum Gasteiger partial charge on any atom is -0.313 e. The van der Waals surface area contributed by atoms with Crippen molar-refractivity contribution in [2.45, 2.75) is 44.0 Å². The summed E-state index contributed by atoms with van der Waals surface area (Å²) in [6.07, 6.45) is 4.61. The first-order valence-corrected chi connectivity index (χ1v) is 9.24. The molecular weight excluding hydrogens is 284 g/mol. The van der Waals surface area contributed by atoms with Crippen molar-refractivity contribution in [3.63, 3.8) is 0 Å². The van der Waals surface area contributed by atoms with Gasteiger partial charge >= 0.3 is 0 Å². The van der Waals surface area contributed by atoms with Crippen molar-refractivity contribution in [3.8, 4) is 0 Å². The molecule has 21 heavy (non-hydrogen) atoms. The molecule has 1 saturated carbocycles. The zero-order chi connectivity index (χ0) is 15.3. The molecule has 0 atom stereocenters. The summed E-state index contributed by atoms with van der Waals surface area (Å²) in [6.45, 7) is 4.41. The first-order valence-electron chi connectivity index (χ1n) is 7.80. The standard InChI is InChI=1S/C16H26N2O2S/c1-3-10-17-12-15-8-5-9-16(11-15)21(19,20)18(2)13-14-6-4-7-14/h5,8-9,11,14,17H,3-4,6-7,10,12-13H2,1-2H3. The number of sulfonamides is 1. The summed E-state index contributed by atoms with van der Waals surface area (Å²) >= 11 is 0. The molecule has 0 radical (unpaired) electrons. The molecule has 1 fully saturated rings. The number of nitrogens with zero attached hydrogens (tertiary/aromatic N) is 1. The lowest BCUT2D eigenvalue weighted by atomic mass is 9.86. The smallest absolute Gasteiger partial charge is 0.242 e. The van der Waals surface area contributed by atoms with Crippen LogP contribution >= 0.6 is 0 Å². The van der Waals surface area contributed by atoms with Crippen LogP contribution in [-0.2, 0) is 16.6 Å². The molecule has 4 nitrogen and oxygen atoms in total. The van der Waals surface area contributed by atoms with Crippen LogP contribution in [0.4, 0.5) is 0 Å². The Balaban J connectivity index is 2.05. The molecule has 0 amide bonds.